The number of benzene rings is 1. The molecule has 0 aliphatic carbocycles. The molecule has 84 valence electrons. The van der Waals surface area contributed by atoms with Gasteiger partial charge < -0.3 is 10.1 Å². The Kier molecular flexibility index (Phi) is 3.36. The Balaban J connectivity index is 2.11. The second-order valence-corrected chi connectivity index (χ2v) is 4.21. The molecule has 0 aliphatic rings. The van der Waals surface area contributed by atoms with Gasteiger partial charge in [-0.3, -0.25) is 0 Å². The van der Waals surface area contributed by atoms with Gasteiger partial charge in [-0.2, -0.15) is 0 Å². The molecule has 1 N–H and O–H groups in total. The van der Waals surface area contributed by atoms with E-state index in [-0.39, 0.29) is 6.04 Å². The van der Waals surface area contributed by atoms with E-state index in [1.807, 2.05) is 18.2 Å². The molecule has 16 heavy (non-hydrogen) atoms. The van der Waals surface area contributed by atoms with Crippen LogP contribution in [0.2, 0.25) is 0 Å². The van der Waals surface area contributed by atoms with E-state index in [0.717, 1.165) is 10.8 Å². The number of rotatable bonds is 4. The fraction of sp³-hybridized carbons (Fsp3) is 0.273. The van der Waals surface area contributed by atoms with Crippen LogP contribution in [0.5, 0.6) is 5.75 Å². The summed E-state index contributed by atoms with van der Waals surface area (Å²) >= 11 is 1.35. The van der Waals surface area contributed by atoms with Crippen molar-refractivity contribution >= 4 is 16.5 Å². The summed E-state index contributed by atoms with van der Waals surface area (Å²) in [5.41, 5.74) is 1.17. The monoisotopic (exact) mass is 235 g/mol. The maximum absolute atomic E-state index is 5.19. The third-order valence-corrected chi connectivity index (χ3v) is 2.91. The lowest BCUT2D eigenvalue weighted by Gasteiger charge is -2.14. The van der Waals surface area contributed by atoms with Crippen molar-refractivity contribution in [1.29, 1.82) is 0 Å². The summed E-state index contributed by atoms with van der Waals surface area (Å²) in [5.74, 6) is 0.869. The van der Waals surface area contributed by atoms with Crippen LogP contribution < -0.4 is 10.1 Å². The molecule has 1 aromatic carbocycles. The number of ether oxygens (including phenoxy) is 1. The van der Waals surface area contributed by atoms with Crippen molar-refractivity contribution in [2.75, 3.05) is 12.4 Å². The average Bonchev–Trinajstić information content (AvgIpc) is 2.82. The number of nitrogens with zero attached hydrogens (tertiary/aromatic N) is 2. The van der Waals surface area contributed by atoms with Crippen LogP contribution in [0.4, 0.5) is 5.00 Å². The molecule has 0 aliphatic heterocycles. The highest BCUT2D eigenvalue weighted by atomic mass is 32.1. The van der Waals surface area contributed by atoms with Crippen LogP contribution in [0.15, 0.2) is 30.5 Å². The van der Waals surface area contributed by atoms with E-state index in [1.165, 1.54) is 17.1 Å². The van der Waals surface area contributed by atoms with Crippen molar-refractivity contribution in [2.24, 2.45) is 0 Å². The van der Waals surface area contributed by atoms with Crippen LogP contribution in [0, 0.1) is 0 Å². The van der Waals surface area contributed by atoms with E-state index in [9.17, 15) is 0 Å². The van der Waals surface area contributed by atoms with Gasteiger partial charge in [0.05, 0.1) is 13.3 Å². The number of anilines is 1. The zero-order valence-corrected chi connectivity index (χ0v) is 9.99. The van der Waals surface area contributed by atoms with Crippen LogP contribution in [0.1, 0.15) is 18.5 Å². The van der Waals surface area contributed by atoms with Gasteiger partial charge in [0.25, 0.3) is 0 Å². The van der Waals surface area contributed by atoms with Crippen molar-refractivity contribution in [3.05, 3.63) is 36.0 Å². The van der Waals surface area contributed by atoms with E-state index >= 15 is 0 Å². The minimum Gasteiger partial charge on any atom is -0.497 e. The van der Waals surface area contributed by atoms with Crippen LogP contribution in [0.3, 0.4) is 0 Å². The van der Waals surface area contributed by atoms with Crippen LogP contribution in [-0.4, -0.2) is 16.7 Å². The van der Waals surface area contributed by atoms with Gasteiger partial charge in [0.1, 0.15) is 10.8 Å². The number of hydrogen-bond donors (Lipinski definition) is 1. The van der Waals surface area contributed by atoms with Gasteiger partial charge in [0.15, 0.2) is 0 Å². The Hall–Kier alpha value is -1.62. The molecule has 1 heterocycles. The third-order valence-electron chi connectivity index (χ3n) is 2.31. The summed E-state index contributed by atoms with van der Waals surface area (Å²) < 4.78 is 9.00. The van der Waals surface area contributed by atoms with Gasteiger partial charge in [-0.25, -0.2) is 0 Å². The average molecular weight is 235 g/mol. The zero-order valence-electron chi connectivity index (χ0n) is 9.18. The Bertz CT molecular complexity index is 444. The summed E-state index contributed by atoms with van der Waals surface area (Å²) in [6.07, 6.45) is 1.72. The van der Waals surface area contributed by atoms with E-state index in [2.05, 4.69) is 27.9 Å². The van der Waals surface area contributed by atoms with Crippen LogP contribution in [0.25, 0.3) is 0 Å². The molecule has 0 radical (unpaired) electrons. The predicted molar refractivity (Wildman–Crippen MR) is 64.9 cm³/mol. The smallest absolute Gasteiger partial charge is 0.130 e. The third kappa shape index (κ3) is 2.49. The van der Waals surface area contributed by atoms with Gasteiger partial charge in [0.2, 0.25) is 0 Å². The zero-order chi connectivity index (χ0) is 11.4. The van der Waals surface area contributed by atoms with Crippen molar-refractivity contribution in [3.8, 4) is 5.75 Å². The molecule has 0 bridgehead atoms. The Morgan fingerprint density at radius 1 is 1.44 bits per heavy atom. The Labute approximate surface area is 98.4 Å². The molecule has 2 rings (SSSR count). The number of methoxy groups -OCH3 is 1. The van der Waals surface area contributed by atoms with Gasteiger partial charge in [-0.15, -0.1) is 5.10 Å². The summed E-state index contributed by atoms with van der Waals surface area (Å²) in [5, 5.41) is 8.08. The normalized spacial score (nSPS) is 12.1. The fourth-order valence-electron chi connectivity index (χ4n) is 1.44. The second-order valence-electron chi connectivity index (χ2n) is 3.42. The summed E-state index contributed by atoms with van der Waals surface area (Å²) in [7, 11) is 1.67. The molecule has 1 atom stereocenters. The largest absolute Gasteiger partial charge is 0.497 e. The molecule has 5 heteroatoms. The van der Waals surface area contributed by atoms with Gasteiger partial charge in [-0.05, 0) is 24.6 Å². The second kappa shape index (κ2) is 4.94. The van der Waals surface area contributed by atoms with Crippen molar-refractivity contribution in [3.63, 3.8) is 0 Å². The lowest BCUT2D eigenvalue weighted by atomic mass is 10.1. The van der Waals surface area contributed by atoms with Gasteiger partial charge >= 0.3 is 0 Å². The first-order valence-corrected chi connectivity index (χ1v) is 5.75. The SMILES string of the molecule is COc1cccc(C(C)Nc2cnns2)c1. The molecular formula is C11H13N3OS. The maximum Gasteiger partial charge on any atom is 0.130 e. The molecule has 4 nitrogen and oxygen atoms in total. The van der Waals surface area contributed by atoms with Gasteiger partial charge in [0, 0.05) is 17.6 Å². The highest BCUT2D eigenvalue weighted by Gasteiger charge is 2.07. The van der Waals surface area contributed by atoms with E-state index in [0.29, 0.717) is 0 Å². The molecule has 1 unspecified atom stereocenters. The minimum absolute atomic E-state index is 0.206. The molecule has 2 aromatic rings. The number of aromatic nitrogens is 2. The van der Waals surface area contributed by atoms with E-state index in [4.69, 9.17) is 4.74 Å². The minimum atomic E-state index is 0.206. The molecule has 1 aromatic heterocycles. The number of hydrogen-bond acceptors (Lipinski definition) is 5. The van der Waals surface area contributed by atoms with Crippen molar-refractivity contribution in [1.82, 2.24) is 9.59 Å². The Morgan fingerprint density at radius 3 is 3.00 bits per heavy atom. The highest BCUT2D eigenvalue weighted by Crippen LogP contribution is 2.23. The first-order chi connectivity index (χ1) is 7.79. The highest BCUT2D eigenvalue weighted by molar-refractivity contribution is 7.09. The first kappa shape index (κ1) is 10.9. The van der Waals surface area contributed by atoms with E-state index in [1.54, 1.807) is 13.3 Å². The maximum atomic E-state index is 5.19. The lowest BCUT2D eigenvalue weighted by molar-refractivity contribution is 0.414. The quantitative estimate of drug-likeness (QED) is 0.885. The lowest BCUT2D eigenvalue weighted by Crippen LogP contribution is -2.05. The molecule has 0 amide bonds. The first-order valence-electron chi connectivity index (χ1n) is 4.97. The Morgan fingerprint density at radius 2 is 2.31 bits per heavy atom. The van der Waals surface area contributed by atoms with Crippen molar-refractivity contribution in [2.45, 2.75) is 13.0 Å². The van der Waals surface area contributed by atoms with E-state index < -0.39 is 0 Å². The summed E-state index contributed by atoms with van der Waals surface area (Å²) in [6.45, 7) is 2.09. The molecule has 0 spiro atoms. The molecule has 0 saturated heterocycles. The summed E-state index contributed by atoms with van der Waals surface area (Å²) in [6, 6.07) is 8.21. The van der Waals surface area contributed by atoms with Gasteiger partial charge in [-0.1, -0.05) is 16.6 Å². The molecule has 0 fully saturated rings. The van der Waals surface area contributed by atoms with Crippen LogP contribution >= 0.6 is 11.5 Å². The topological polar surface area (TPSA) is 47.0 Å². The van der Waals surface area contributed by atoms with Crippen molar-refractivity contribution < 1.29 is 4.74 Å². The molecule has 0 saturated carbocycles. The fourth-order valence-corrected chi connectivity index (χ4v) is 1.94. The molecular weight excluding hydrogens is 222 g/mol. The predicted octanol–water partition coefficient (Wildman–Crippen LogP) is 2.72. The number of nitrogens with one attached hydrogen (secondary N) is 1. The summed E-state index contributed by atoms with van der Waals surface area (Å²) in [4.78, 5) is 0. The van der Waals surface area contributed by atoms with Crippen LogP contribution in [-0.2, 0) is 0 Å². The standard InChI is InChI=1S/C11H13N3OS/c1-8(13-11-7-12-14-16-11)9-4-3-5-10(6-9)15-2/h3-8,13H,1-2H3.